The lowest BCUT2D eigenvalue weighted by Crippen LogP contribution is -2.00. The van der Waals surface area contributed by atoms with Crippen molar-refractivity contribution in [3.05, 3.63) is 58.7 Å². The van der Waals surface area contributed by atoms with E-state index in [0.717, 1.165) is 67.2 Å². The van der Waals surface area contributed by atoms with Gasteiger partial charge in [-0.2, -0.15) is 0 Å². The SMILES string of the molecule is CCCCCC(=O)c1ccc2c(c1)-c1cc(C(=O)CCCCC)ccc1C2. The van der Waals surface area contributed by atoms with Crippen molar-refractivity contribution < 1.29 is 9.59 Å². The van der Waals surface area contributed by atoms with Crippen LogP contribution in [0.3, 0.4) is 0 Å². The highest BCUT2D eigenvalue weighted by atomic mass is 16.1. The molecule has 0 saturated carbocycles. The van der Waals surface area contributed by atoms with Gasteiger partial charge in [0, 0.05) is 24.0 Å². The van der Waals surface area contributed by atoms with Crippen LogP contribution in [-0.2, 0) is 6.42 Å². The molecule has 2 aromatic carbocycles. The van der Waals surface area contributed by atoms with Crippen LogP contribution in [0.4, 0.5) is 0 Å². The Labute approximate surface area is 163 Å². The summed E-state index contributed by atoms with van der Waals surface area (Å²) in [6, 6.07) is 12.2. The molecule has 2 nitrogen and oxygen atoms in total. The minimum Gasteiger partial charge on any atom is -0.294 e. The number of hydrogen-bond donors (Lipinski definition) is 0. The third kappa shape index (κ3) is 4.55. The molecule has 0 aromatic heterocycles. The van der Waals surface area contributed by atoms with Gasteiger partial charge in [-0.15, -0.1) is 0 Å². The summed E-state index contributed by atoms with van der Waals surface area (Å²) < 4.78 is 0. The zero-order chi connectivity index (χ0) is 19.2. The van der Waals surface area contributed by atoms with Gasteiger partial charge >= 0.3 is 0 Å². The van der Waals surface area contributed by atoms with Gasteiger partial charge in [-0.05, 0) is 53.6 Å². The van der Waals surface area contributed by atoms with E-state index in [1.54, 1.807) is 0 Å². The van der Waals surface area contributed by atoms with Crippen molar-refractivity contribution in [2.24, 2.45) is 0 Å². The molecule has 27 heavy (non-hydrogen) atoms. The van der Waals surface area contributed by atoms with Gasteiger partial charge in [-0.1, -0.05) is 63.8 Å². The van der Waals surface area contributed by atoms with Crippen LogP contribution in [0.5, 0.6) is 0 Å². The first-order valence-corrected chi connectivity index (χ1v) is 10.5. The van der Waals surface area contributed by atoms with Gasteiger partial charge in [-0.25, -0.2) is 0 Å². The van der Waals surface area contributed by atoms with Gasteiger partial charge < -0.3 is 0 Å². The maximum atomic E-state index is 12.5. The van der Waals surface area contributed by atoms with Crippen LogP contribution >= 0.6 is 0 Å². The van der Waals surface area contributed by atoms with Crippen LogP contribution in [0.1, 0.15) is 97.1 Å². The number of benzene rings is 2. The third-order valence-corrected chi connectivity index (χ3v) is 5.55. The smallest absolute Gasteiger partial charge is 0.162 e. The Morgan fingerprint density at radius 1 is 0.704 bits per heavy atom. The fourth-order valence-corrected chi connectivity index (χ4v) is 3.87. The number of carbonyl (C=O) groups excluding carboxylic acids is 2. The standard InChI is InChI=1S/C25H30O2/c1-3-5-7-9-24(26)20-13-11-18-15-19-12-14-21(17-23(19)22(18)16-20)25(27)10-8-6-4-2/h11-14,16-17H,3-10,15H2,1-2H3. The Kier molecular flexibility index (Phi) is 6.60. The van der Waals surface area contributed by atoms with Crippen molar-refractivity contribution >= 4 is 11.6 Å². The fourth-order valence-electron chi connectivity index (χ4n) is 3.87. The molecule has 3 rings (SSSR count). The van der Waals surface area contributed by atoms with Gasteiger partial charge in [-0.3, -0.25) is 9.59 Å². The maximum Gasteiger partial charge on any atom is 0.162 e. The molecule has 0 spiro atoms. The second-order valence-electron chi connectivity index (χ2n) is 7.68. The van der Waals surface area contributed by atoms with Crippen LogP contribution in [0.2, 0.25) is 0 Å². The molecule has 0 aliphatic heterocycles. The topological polar surface area (TPSA) is 34.1 Å². The molecule has 0 radical (unpaired) electrons. The summed E-state index contributed by atoms with van der Waals surface area (Å²) in [4.78, 5) is 25.0. The number of Topliss-reactive ketones (excluding diaryl/α,β-unsaturated/α-hetero) is 2. The minimum absolute atomic E-state index is 0.228. The summed E-state index contributed by atoms with van der Waals surface area (Å²) in [6.07, 6.45) is 8.49. The van der Waals surface area contributed by atoms with E-state index in [1.807, 2.05) is 24.3 Å². The predicted molar refractivity (Wildman–Crippen MR) is 112 cm³/mol. The lowest BCUT2D eigenvalue weighted by Gasteiger charge is -2.07. The van der Waals surface area contributed by atoms with Crippen molar-refractivity contribution in [3.8, 4) is 11.1 Å². The molecule has 0 amide bonds. The Hall–Kier alpha value is -2.22. The average Bonchev–Trinajstić information content (AvgIpc) is 3.05. The fraction of sp³-hybridized carbons (Fsp3) is 0.440. The number of carbonyl (C=O) groups is 2. The van der Waals surface area contributed by atoms with Gasteiger partial charge in [0.15, 0.2) is 11.6 Å². The molecule has 1 aliphatic rings. The highest BCUT2D eigenvalue weighted by Gasteiger charge is 2.21. The zero-order valence-electron chi connectivity index (χ0n) is 16.6. The molecule has 142 valence electrons. The lowest BCUT2D eigenvalue weighted by atomic mass is 9.96. The monoisotopic (exact) mass is 362 g/mol. The molecule has 0 N–H and O–H groups in total. The van der Waals surface area contributed by atoms with E-state index in [4.69, 9.17) is 0 Å². The second kappa shape index (κ2) is 9.12. The van der Waals surface area contributed by atoms with E-state index in [-0.39, 0.29) is 11.6 Å². The van der Waals surface area contributed by atoms with Gasteiger partial charge in [0.2, 0.25) is 0 Å². The molecule has 0 fully saturated rings. The van der Waals surface area contributed by atoms with Crippen LogP contribution in [0.25, 0.3) is 11.1 Å². The van der Waals surface area contributed by atoms with E-state index < -0.39 is 0 Å². The number of hydrogen-bond acceptors (Lipinski definition) is 2. The van der Waals surface area contributed by atoms with E-state index in [1.165, 1.54) is 11.1 Å². The zero-order valence-corrected chi connectivity index (χ0v) is 16.6. The first-order valence-electron chi connectivity index (χ1n) is 10.5. The highest BCUT2D eigenvalue weighted by molar-refractivity contribution is 6.00. The Bertz CT molecular complexity index is 763. The number of ketones is 2. The van der Waals surface area contributed by atoms with Crippen LogP contribution in [0.15, 0.2) is 36.4 Å². The quantitative estimate of drug-likeness (QED) is 0.294. The van der Waals surface area contributed by atoms with Crippen molar-refractivity contribution in [3.63, 3.8) is 0 Å². The molecule has 2 heteroatoms. The summed E-state index contributed by atoms with van der Waals surface area (Å²) in [5.74, 6) is 0.456. The van der Waals surface area contributed by atoms with Crippen molar-refractivity contribution in [1.29, 1.82) is 0 Å². The molecule has 0 saturated heterocycles. The van der Waals surface area contributed by atoms with Crippen molar-refractivity contribution in [2.45, 2.75) is 71.6 Å². The summed E-state index contributed by atoms with van der Waals surface area (Å²) >= 11 is 0. The van der Waals surface area contributed by atoms with Gasteiger partial charge in [0.25, 0.3) is 0 Å². The normalized spacial score (nSPS) is 11.9. The molecular formula is C25H30O2. The van der Waals surface area contributed by atoms with E-state index in [0.29, 0.717) is 12.8 Å². The molecular weight excluding hydrogens is 332 g/mol. The largest absolute Gasteiger partial charge is 0.294 e. The summed E-state index contributed by atoms with van der Waals surface area (Å²) in [6.45, 7) is 4.30. The minimum atomic E-state index is 0.228. The summed E-state index contributed by atoms with van der Waals surface area (Å²) in [5, 5.41) is 0. The number of fused-ring (bicyclic) bond motifs is 3. The summed E-state index contributed by atoms with van der Waals surface area (Å²) in [5.41, 5.74) is 6.38. The summed E-state index contributed by atoms with van der Waals surface area (Å²) in [7, 11) is 0. The Morgan fingerprint density at radius 3 is 1.56 bits per heavy atom. The van der Waals surface area contributed by atoms with E-state index >= 15 is 0 Å². The van der Waals surface area contributed by atoms with E-state index in [2.05, 4.69) is 26.0 Å². The van der Waals surface area contributed by atoms with Crippen LogP contribution in [-0.4, -0.2) is 11.6 Å². The number of rotatable bonds is 10. The Morgan fingerprint density at radius 2 is 1.15 bits per heavy atom. The first-order chi connectivity index (χ1) is 13.1. The van der Waals surface area contributed by atoms with E-state index in [9.17, 15) is 9.59 Å². The van der Waals surface area contributed by atoms with Gasteiger partial charge in [0.05, 0.1) is 0 Å². The van der Waals surface area contributed by atoms with Crippen molar-refractivity contribution in [2.75, 3.05) is 0 Å². The third-order valence-electron chi connectivity index (χ3n) is 5.55. The number of unbranched alkanes of at least 4 members (excludes halogenated alkanes) is 4. The first kappa shape index (κ1) is 19.5. The van der Waals surface area contributed by atoms with Crippen LogP contribution in [0, 0.1) is 0 Å². The lowest BCUT2D eigenvalue weighted by molar-refractivity contribution is 0.0971. The molecule has 0 heterocycles. The predicted octanol–water partition coefficient (Wildman–Crippen LogP) is 6.78. The second-order valence-corrected chi connectivity index (χ2v) is 7.68. The highest BCUT2D eigenvalue weighted by Crippen LogP contribution is 2.38. The molecule has 0 atom stereocenters. The molecule has 0 unspecified atom stereocenters. The van der Waals surface area contributed by atoms with Gasteiger partial charge in [0.1, 0.15) is 0 Å². The molecule has 0 bridgehead atoms. The molecule has 2 aromatic rings. The van der Waals surface area contributed by atoms with Crippen molar-refractivity contribution in [1.82, 2.24) is 0 Å². The molecule has 1 aliphatic carbocycles. The van der Waals surface area contributed by atoms with Crippen LogP contribution < -0.4 is 0 Å². The Balaban J connectivity index is 1.81. The maximum absolute atomic E-state index is 12.5. The average molecular weight is 363 g/mol.